The maximum absolute atomic E-state index is 12.1. The molecule has 0 fully saturated rings. The van der Waals surface area contributed by atoms with Crippen LogP contribution in [-0.2, 0) is 6.42 Å². The molecule has 0 radical (unpaired) electrons. The number of benzene rings is 1. The summed E-state index contributed by atoms with van der Waals surface area (Å²) >= 11 is 0. The third-order valence-electron chi connectivity index (χ3n) is 3.83. The van der Waals surface area contributed by atoms with Crippen LogP contribution in [0.4, 0.5) is 5.69 Å². The first-order valence-electron chi connectivity index (χ1n) is 7.50. The molecular formula is C17H19N3O3. The number of nitrogen functional groups attached to an aromatic ring is 1. The van der Waals surface area contributed by atoms with E-state index in [1.54, 1.807) is 12.1 Å². The Morgan fingerprint density at radius 3 is 2.78 bits per heavy atom. The summed E-state index contributed by atoms with van der Waals surface area (Å²) in [4.78, 5) is 25.8. The highest BCUT2D eigenvalue weighted by molar-refractivity contribution is 5.94. The molecule has 2 rings (SSSR count). The Kier molecular flexibility index (Phi) is 5.02. The van der Waals surface area contributed by atoms with E-state index in [0.717, 1.165) is 37.3 Å². The maximum Gasteiger partial charge on any atom is 0.352 e. The first-order valence-corrected chi connectivity index (χ1v) is 7.50. The number of aryl methyl sites for hydroxylation is 1. The van der Waals surface area contributed by atoms with Crippen LogP contribution in [0.1, 0.15) is 42.2 Å². The summed E-state index contributed by atoms with van der Waals surface area (Å²) in [5.74, 6) is -1.15. The summed E-state index contributed by atoms with van der Waals surface area (Å²) in [6, 6.07) is 6.79. The average molecular weight is 313 g/mol. The highest BCUT2D eigenvalue weighted by Gasteiger charge is 2.11. The van der Waals surface area contributed by atoms with Gasteiger partial charge in [0.2, 0.25) is 0 Å². The summed E-state index contributed by atoms with van der Waals surface area (Å²) in [5, 5.41) is 18.1. The second-order valence-electron chi connectivity index (χ2n) is 5.74. The fourth-order valence-corrected chi connectivity index (χ4v) is 2.54. The Bertz CT molecular complexity index is 833. The number of carboxylic acid groups (broad SMARTS) is 1. The van der Waals surface area contributed by atoms with Gasteiger partial charge in [0, 0.05) is 17.4 Å². The lowest BCUT2D eigenvalue weighted by molar-refractivity contribution is 0.0691. The maximum atomic E-state index is 12.1. The van der Waals surface area contributed by atoms with Gasteiger partial charge in [-0.25, -0.2) is 4.79 Å². The van der Waals surface area contributed by atoms with Gasteiger partial charge in [-0.05, 0) is 43.9 Å². The van der Waals surface area contributed by atoms with E-state index < -0.39 is 5.97 Å². The monoisotopic (exact) mass is 313 g/mol. The smallest absolute Gasteiger partial charge is 0.352 e. The molecule has 6 nitrogen and oxygen atoms in total. The molecule has 1 heterocycles. The van der Waals surface area contributed by atoms with E-state index in [1.807, 2.05) is 6.92 Å². The van der Waals surface area contributed by atoms with Crippen LogP contribution in [0.15, 0.2) is 23.0 Å². The number of carbonyl (C=O) groups is 1. The van der Waals surface area contributed by atoms with Crippen LogP contribution in [-0.4, -0.2) is 16.1 Å². The lowest BCUT2D eigenvalue weighted by Crippen LogP contribution is -2.11. The van der Waals surface area contributed by atoms with Gasteiger partial charge in [-0.3, -0.25) is 4.79 Å². The number of rotatable bonds is 6. The van der Waals surface area contributed by atoms with Gasteiger partial charge >= 0.3 is 5.97 Å². The third kappa shape index (κ3) is 3.89. The van der Waals surface area contributed by atoms with Gasteiger partial charge in [0.1, 0.15) is 5.69 Å². The molecule has 1 atom stereocenters. The fraction of sp³-hybridized carbons (Fsp3) is 0.353. The highest BCUT2D eigenvalue weighted by atomic mass is 16.4. The van der Waals surface area contributed by atoms with Gasteiger partial charge in [0.25, 0.3) is 0 Å². The van der Waals surface area contributed by atoms with E-state index in [9.17, 15) is 9.59 Å². The molecule has 0 spiro atoms. The molecule has 0 saturated carbocycles. The number of fused-ring (bicyclic) bond motifs is 1. The molecule has 4 N–H and O–H groups in total. The summed E-state index contributed by atoms with van der Waals surface area (Å²) in [7, 11) is 0. The number of nitrogens with zero attached hydrogens (tertiary/aromatic N) is 1. The van der Waals surface area contributed by atoms with E-state index in [0.29, 0.717) is 16.6 Å². The van der Waals surface area contributed by atoms with Crippen molar-refractivity contribution >= 4 is 22.6 Å². The van der Waals surface area contributed by atoms with E-state index in [4.69, 9.17) is 16.1 Å². The SMILES string of the molecule is CC(C#N)CCCCc1cc(N)c2[nH]c(C(=O)O)cc(=O)c2c1. The molecule has 0 aliphatic rings. The number of aromatic amines is 1. The Balaban J connectivity index is 2.23. The summed E-state index contributed by atoms with van der Waals surface area (Å²) < 4.78 is 0. The van der Waals surface area contributed by atoms with Crippen LogP contribution in [0, 0.1) is 17.2 Å². The van der Waals surface area contributed by atoms with E-state index >= 15 is 0 Å². The molecule has 1 aromatic carbocycles. The summed E-state index contributed by atoms with van der Waals surface area (Å²) in [6.07, 6.45) is 3.45. The number of hydrogen-bond acceptors (Lipinski definition) is 4. The van der Waals surface area contributed by atoms with Crippen LogP contribution < -0.4 is 11.2 Å². The van der Waals surface area contributed by atoms with Crippen LogP contribution in [0.3, 0.4) is 0 Å². The number of pyridine rings is 1. The first-order chi connectivity index (χ1) is 10.9. The van der Waals surface area contributed by atoms with Gasteiger partial charge in [-0.1, -0.05) is 6.42 Å². The van der Waals surface area contributed by atoms with E-state index in [-0.39, 0.29) is 17.0 Å². The van der Waals surface area contributed by atoms with Crippen molar-refractivity contribution in [3.05, 3.63) is 39.7 Å². The van der Waals surface area contributed by atoms with Crippen molar-refractivity contribution < 1.29 is 9.90 Å². The molecule has 0 amide bonds. The average Bonchev–Trinajstić information content (AvgIpc) is 2.51. The molecule has 1 aromatic heterocycles. The zero-order valence-electron chi connectivity index (χ0n) is 12.9. The molecule has 2 aromatic rings. The van der Waals surface area contributed by atoms with Crippen molar-refractivity contribution in [2.45, 2.75) is 32.6 Å². The Labute approximate surface area is 133 Å². The minimum Gasteiger partial charge on any atom is -0.477 e. The highest BCUT2D eigenvalue weighted by Crippen LogP contribution is 2.21. The number of aromatic nitrogens is 1. The minimum absolute atomic E-state index is 0.0500. The lowest BCUT2D eigenvalue weighted by atomic mass is 10.00. The lowest BCUT2D eigenvalue weighted by Gasteiger charge is -2.08. The molecule has 120 valence electrons. The van der Waals surface area contributed by atoms with Crippen LogP contribution in [0.5, 0.6) is 0 Å². The molecule has 0 saturated heterocycles. The van der Waals surface area contributed by atoms with Gasteiger partial charge < -0.3 is 15.8 Å². The number of H-pyrrole nitrogens is 1. The predicted octanol–water partition coefficient (Wildman–Crippen LogP) is 2.68. The molecule has 23 heavy (non-hydrogen) atoms. The Morgan fingerprint density at radius 2 is 2.13 bits per heavy atom. The van der Waals surface area contributed by atoms with Crippen molar-refractivity contribution in [1.82, 2.24) is 4.98 Å². The quantitative estimate of drug-likeness (QED) is 0.559. The van der Waals surface area contributed by atoms with Crippen molar-refractivity contribution in [2.24, 2.45) is 5.92 Å². The Hall–Kier alpha value is -2.81. The standard InChI is InChI=1S/C17H19N3O3/c1-10(9-18)4-2-3-5-11-6-12-15(21)8-14(17(22)23)20-16(12)13(19)7-11/h6-8,10H,2-5,19H2,1H3,(H,20,21)(H,22,23). The van der Waals surface area contributed by atoms with Crippen molar-refractivity contribution in [3.63, 3.8) is 0 Å². The number of aromatic carboxylic acids is 1. The van der Waals surface area contributed by atoms with Crippen molar-refractivity contribution in [2.75, 3.05) is 5.73 Å². The second kappa shape index (κ2) is 6.97. The molecule has 1 unspecified atom stereocenters. The number of nitrogens with two attached hydrogens (primary N) is 1. The predicted molar refractivity (Wildman–Crippen MR) is 88.3 cm³/mol. The number of anilines is 1. The molecule has 6 heteroatoms. The summed E-state index contributed by atoms with van der Waals surface area (Å²) in [5.41, 5.74) is 7.09. The van der Waals surface area contributed by atoms with Crippen molar-refractivity contribution in [3.8, 4) is 6.07 Å². The van der Waals surface area contributed by atoms with E-state index in [2.05, 4.69) is 11.1 Å². The van der Waals surface area contributed by atoms with Crippen LogP contribution in [0.2, 0.25) is 0 Å². The number of carboxylic acids is 1. The zero-order valence-corrected chi connectivity index (χ0v) is 12.9. The zero-order chi connectivity index (χ0) is 17.0. The molecule has 0 aliphatic carbocycles. The van der Waals surface area contributed by atoms with Gasteiger partial charge in [-0.2, -0.15) is 5.26 Å². The molecule has 0 bridgehead atoms. The second-order valence-corrected chi connectivity index (χ2v) is 5.74. The normalized spacial score (nSPS) is 12.0. The van der Waals surface area contributed by atoms with Crippen molar-refractivity contribution in [1.29, 1.82) is 5.26 Å². The first kappa shape index (κ1) is 16.6. The largest absolute Gasteiger partial charge is 0.477 e. The number of nitriles is 1. The topological polar surface area (TPSA) is 120 Å². The molecule has 0 aliphatic heterocycles. The van der Waals surface area contributed by atoms with Gasteiger partial charge in [0.05, 0.1) is 17.3 Å². The van der Waals surface area contributed by atoms with Crippen LogP contribution in [0.25, 0.3) is 10.9 Å². The minimum atomic E-state index is -1.20. The number of nitrogens with one attached hydrogen (secondary N) is 1. The Morgan fingerprint density at radius 1 is 1.39 bits per heavy atom. The van der Waals surface area contributed by atoms with E-state index in [1.165, 1.54) is 0 Å². The number of unbranched alkanes of at least 4 members (excludes halogenated alkanes) is 1. The fourth-order valence-electron chi connectivity index (χ4n) is 2.54. The summed E-state index contributed by atoms with van der Waals surface area (Å²) in [6.45, 7) is 1.90. The van der Waals surface area contributed by atoms with Gasteiger partial charge in [0.15, 0.2) is 5.43 Å². The van der Waals surface area contributed by atoms with Gasteiger partial charge in [-0.15, -0.1) is 0 Å². The molecular weight excluding hydrogens is 294 g/mol. The number of hydrogen-bond donors (Lipinski definition) is 3. The van der Waals surface area contributed by atoms with Crippen LogP contribution >= 0.6 is 0 Å². The third-order valence-corrected chi connectivity index (χ3v) is 3.83.